The van der Waals surface area contributed by atoms with E-state index in [2.05, 4.69) is 5.10 Å². The lowest BCUT2D eigenvalue weighted by Crippen LogP contribution is -2.38. The number of carbonyl (C=O) groups is 1. The number of nitrogens with zero attached hydrogens (tertiary/aromatic N) is 3. The van der Waals surface area contributed by atoms with Crippen LogP contribution in [0.3, 0.4) is 0 Å². The van der Waals surface area contributed by atoms with Crippen LogP contribution in [0.15, 0.2) is 6.07 Å². The predicted octanol–water partition coefficient (Wildman–Crippen LogP) is -0.0344. The van der Waals surface area contributed by atoms with E-state index < -0.39 is 6.10 Å². The zero-order chi connectivity index (χ0) is 13.7. The lowest BCUT2D eigenvalue weighted by Gasteiger charge is -2.20. The summed E-state index contributed by atoms with van der Waals surface area (Å²) in [5.41, 5.74) is 1.84. The normalized spacial score (nSPS) is 12.5. The maximum absolute atomic E-state index is 11.9. The van der Waals surface area contributed by atoms with Crippen molar-refractivity contribution in [3.05, 3.63) is 17.5 Å². The fourth-order valence-corrected chi connectivity index (χ4v) is 1.75. The van der Waals surface area contributed by atoms with E-state index in [1.165, 1.54) is 12.0 Å². The molecule has 0 fully saturated rings. The number of carbonyl (C=O) groups excluding carboxylic acids is 1. The Labute approximate surface area is 107 Å². The minimum absolute atomic E-state index is 0.0867. The molecule has 1 N–H and O–H groups in total. The molecule has 0 aliphatic rings. The Kier molecular flexibility index (Phi) is 5.30. The van der Waals surface area contributed by atoms with Crippen LogP contribution in [0.4, 0.5) is 0 Å². The molecule has 0 aliphatic carbocycles. The molecule has 0 radical (unpaired) electrons. The van der Waals surface area contributed by atoms with E-state index in [4.69, 9.17) is 4.74 Å². The summed E-state index contributed by atoms with van der Waals surface area (Å²) in [5, 5.41) is 13.8. The first-order valence-electron chi connectivity index (χ1n) is 5.86. The molecule has 6 heteroatoms. The maximum Gasteiger partial charge on any atom is 0.244 e. The Bertz CT molecular complexity index is 403. The summed E-state index contributed by atoms with van der Waals surface area (Å²) in [6.45, 7) is 4.46. The van der Waals surface area contributed by atoms with Crippen molar-refractivity contribution in [2.24, 2.45) is 0 Å². The van der Waals surface area contributed by atoms with E-state index >= 15 is 0 Å². The smallest absolute Gasteiger partial charge is 0.244 e. The molecule has 1 atom stereocenters. The number of hydrogen-bond donors (Lipinski definition) is 1. The van der Waals surface area contributed by atoms with Gasteiger partial charge < -0.3 is 14.7 Å². The van der Waals surface area contributed by atoms with Crippen molar-refractivity contribution in [3.63, 3.8) is 0 Å². The number of likely N-dealkylation sites (N-methyl/N-ethyl adjacent to an activating group) is 1. The summed E-state index contributed by atoms with van der Waals surface area (Å²) >= 11 is 0. The van der Waals surface area contributed by atoms with Gasteiger partial charge in [-0.05, 0) is 19.9 Å². The summed E-state index contributed by atoms with van der Waals surface area (Å²) < 4.78 is 6.48. The van der Waals surface area contributed by atoms with Gasteiger partial charge in [-0.15, -0.1) is 0 Å². The van der Waals surface area contributed by atoms with Crippen LogP contribution < -0.4 is 0 Å². The van der Waals surface area contributed by atoms with Crippen molar-refractivity contribution in [1.29, 1.82) is 0 Å². The van der Waals surface area contributed by atoms with E-state index in [1.807, 2.05) is 19.9 Å². The SMILES string of the molecule is COCC(O)CN(C)C(=O)Cn1nc(C)cc1C. The molecule has 0 aromatic carbocycles. The van der Waals surface area contributed by atoms with E-state index in [0.29, 0.717) is 0 Å². The number of aromatic nitrogens is 2. The summed E-state index contributed by atoms with van der Waals surface area (Å²) in [7, 11) is 3.17. The van der Waals surface area contributed by atoms with Crippen LogP contribution >= 0.6 is 0 Å². The highest BCUT2D eigenvalue weighted by Crippen LogP contribution is 2.02. The molecule has 0 bridgehead atoms. The average molecular weight is 255 g/mol. The Balaban J connectivity index is 2.52. The minimum atomic E-state index is -0.663. The fraction of sp³-hybridized carbons (Fsp3) is 0.667. The molecule has 0 saturated carbocycles. The minimum Gasteiger partial charge on any atom is -0.389 e. The van der Waals surface area contributed by atoms with Gasteiger partial charge in [0.05, 0.1) is 18.4 Å². The molecule has 1 amide bonds. The van der Waals surface area contributed by atoms with Gasteiger partial charge in [-0.2, -0.15) is 5.10 Å². The standard InChI is InChI=1S/C12H21N3O3/c1-9-5-10(2)15(13-9)7-12(17)14(3)6-11(16)8-18-4/h5,11,16H,6-8H2,1-4H3. The number of amides is 1. The van der Waals surface area contributed by atoms with Crippen molar-refractivity contribution < 1.29 is 14.6 Å². The first kappa shape index (κ1) is 14.7. The first-order valence-corrected chi connectivity index (χ1v) is 5.86. The molecule has 1 unspecified atom stereocenters. The van der Waals surface area contributed by atoms with Gasteiger partial charge in [0, 0.05) is 26.4 Å². The number of aliphatic hydroxyl groups is 1. The third-order valence-electron chi connectivity index (χ3n) is 2.66. The zero-order valence-corrected chi connectivity index (χ0v) is 11.4. The average Bonchev–Trinajstić information content (AvgIpc) is 2.57. The fourth-order valence-electron chi connectivity index (χ4n) is 1.75. The lowest BCUT2D eigenvalue weighted by atomic mass is 10.3. The molecule has 102 valence electrons. The highest BCUT2D eigenvalue weighted by molar-refractivity contribution is 5.75. The Hall–Kier alpha value is -1.40. The second kappa shape index (κ2) is 6.51. The third kappa shape index (κ3) is 4.12. The van der Waals surface area contributed by atoms with Gasteiger partial charge in [-0.1, -0.05) is 0 Å². The molecular weight excluding hydrogens is 234 g/mol. The highest BCUT2D eigenvalue weighted by Gasteiger charge is 2.15. The third-order valence-corrected chi connectivity index (χ3v) is 2.66. The quantitative estimate of drug-likeness (QED) is 0.775. The lowest BCUT2D eigenvalue weighted by molar-refractivity contribution is -0.132. The first-order chi connectivity index (χ1) is 8.43. The van der Waals surface area contributed by atoms with Gasteiger partial charge in [-0.25, -0.2) is 0 Å². The van der Waals surface area contributed by atoms with Crippen LogP contribution in [0.2, 0.25) is 0 Å². The zero-order valence-electron chi connectivity index (χ0n) is 11.4. The van der Waals surface area contributed by atoms with Gasteiger partial charge in [0.2, 0.25) is 5.91 Å². The number of hydrogen-bond acceptors (Lipinski definition) is 4. The van der Waals surface area contributed by atoms with E-state index in [1.54, 1.807) is 11.7 Å². The van der Waals surface area contributed by atoms with Gasteiger partial charge in [0.1, 0.15) is 6.54 Å². The molecule has 1 rings (SSSR count). The molecule has 0 aliphatic heterocycles. The van der Waals surface area contributed by atoms with Crippen molar-refractivity contribution in [2.75, 3.05) is 27.3 Å². The van der Waals surface area contributed by atoms with Crippen LogP contribution in [0.5, 0.6) is 0 Å². The highest BCUT2D eigenvalue weighted by atomic mass is 16.5. The second-order valence-electron chi connectivity index (χ2n) is 4.47. The Morgan fingerprint density at radius 1 is 1.61 bits per heavy atom. The summed E-state index contributed by atoms with van der Waals surface area (Å²) in [5.74, 6) is -0.0867. The molecule has 1 heterocycles. The number of methoxy groups -OCH3 is 1. The van der Waals surface area contributed by atoms with Gasteiger partial charge in [0.15, 0.2) is 0 Å². The summed E-state index contributed by atoms with van der Waals surface area (Å²) in [4.78, 5) is 13.4. The van der Waals surface area contributed by atoms with Crippen molar-refractivity contribution in [1.82, 2.24) is 14.7 Å². The van der Waals surface area contributed by atoms with Crippen LogP contribution in [0.25, 0.3) is 0 Å². The maximum atomic E-state index is 11.9. The number of aryl methyl sites for hydroxylation is 2. The monoisotopic (exact) mass is 255 g/mol. The van der Waals surface area contributed by atoms with E-state index in [0.717, 1.165) is 11.4 Å². The molecule has 0 spiro atoms. The van der Waals surface area contributed by atoms with Crippen molar-refractivity contribution >= 4 is 5.91 Å². The summed E-state index contributed by atoms with van der Waals surface area (Å²) in [6.07, 6.45) is -0.663. The topological polar surface area (TPSA) is 67.6 Å². The molecule has 18 heavy (non-hydrogen) atoms. The predicted molar refractivity (Wildman–Crippen MR) is 67.2 cm³/mol. The van der Waals surface area contributed by atoms with Gasteiger partial charge in [0.25, 0.3) is 0 Å². The largest absolute Gasteiger partial charge is 0.389 e. The molecule has 1 aromatic rings. The molecule has 0 saturated heterocycles. The Morgan fingerprint density at radius 2 is 2.28 bits per heavy atom. The van der Waals surface area contributed by atoms with Crippen LogP contribution in [-0.4, -0.2) is 59.1 Å². The number of aliphatic hydroxyl groups excluding tert-OH is 1. The van der Waals surface area contributed by atoms with Crippen LogP contribution in [-0.2, 0) is 16.1 Å². The van der Waals surface area contributed by atoms with Crippen molar-refractivity contribution in [3.8, 4) is 0 Å². The Morgan fingerprint density at radius 3 is 2.78 bits per heavy atom. The van der Waals surface area contributed by atoms with Crippen molar-refractivity contribution in [2.45, 2.75) is 26.5 Å². The van der Waals surface area contributed by atoms with Gasteiger partial charge >= 0.3 is 0 Å². The number of ether oxygens (including phenoxy) is 1. The summed E-state index contributed by atoms with van der Waals surface area (Å²) in [6, 6.07) is 1.92. The van der Waals surface area contributed by atoms with E-state index in [9.17, 15) is 9.90 Å². The second-order valence-corrected chi connectivity index (χ2v) is 4.47. The van der Waals surface area contributed by atoms with E-state index in [-0.39, 0.29) is 25.6 Å². The van der Waals surface area contributed by atoms with Gasteiger partial charge in [-0.3, -0.25) is 9.48 Å². The van der Waals surface area contributed by atoms with Crippen LogP contribution in [0, 0.1) is 13.8 Å². The molecule has 1 aromatic heterocycles. The molecular formula is C12H21N3O3. The number of rotatable bonds is 6. The van der Waals surface area contributed by atoms with Crippen LogP contribution in [0.1, 0.15) is 11.4 Å². The molecule has 6 nitrogen and oxygen atoms in total.